The highest BCUT2D eigenvalue weighted by Gasteiger charge is 2.25. The van der Waals surface area contributed by atoms with E-state index in [9.17, 15) is 4.57 Å². The van der Waals surface area contributed by atoms with Crippen molar-refractivity contribution in [3.63, 3.8) is 0 Å². The molecular weight excluding hydrogens is 201 g/mol. The minimum Gasteiger partial charge on any atom is -0.303 e. The molecule has 3 unspecified atom stereocenters. The molecule has 0 aliphatic rings. The third kappa shape index (κ3) is 8.36. The van der Waals surface area contributed by atoms with Gasteiger partial charge in [0.15, 0.2) is 7.29 Å². The van der Waals surface area contributed by atoms with Crippen LogP contribution < -0.4 is 11.0 Å². The topological polar surface area (TPSA) is 78.3 Å². The van der Waals surface area contributed by atoms with Gasteiger partial charge >= 0.3 is 15.7 Å². The van der Waals surface area contributed by atoms with Crippen molar-refractivity contribution < 1.29 is 8.88 Å². The summed E-state index contributed by atoms with van der Waals surface area (Å²) in [7, 11) is -4.67. The molecule has 7 heteroatoms. The molecule has 0 saturated heterocycles. The van der Waals surface area contributed by atoms with Gasteiger partial charge in [0.25, 0.3) is 0 Å². The molecule has 0 aromatic heterocycles. The summed E-state index contributed by atoms with van der Waals surface area (Å²) in [4.78, 5) is 0. The van der Waals surface area contributed by atoms with Gasteiger partial charge in [-0.1, -0.05) is 0 Å². The molecular formula is C4H13N2O2P3+2. The van der Waals surface area contributed by atoms with Gasteiger partial charge in [-0.15, -0.1) is 5.50 Å². The van der Waals surface area contributed by atoms with Crippen molar-refractivity contribution >= 4 is 35.6 Å². The van der Waals surface area contributed by atoms with E-state index in [0.29, 0.717) is 5.90 Å². The number of hydrogen-bond donors (Lipinski definition) is 2. The summed E-state index contributed by atoms with van der Waals surface area (Å²) in [5, 5.41) is 0. The Morgan fingerprint density at radius 2 is 2.09 bits per heavy atom. The molecule has 0 heterocycles. The van der Waals surface area contributed by atoms with Crippen molar-refractivity contribution in [1.82, 2.24) is 0 Å². The molecule has 0 radical (unpaired) electrons. The number of rotatable bonds is 4. The van der Waals surface area contributed by atoms with Gasteiger partial charge in [0.2, 0.25) is 5.90 Å². The predicted octanol–water partition coefficient (Wildman–Crippen LogP) is 1.36. The normalized spacial score (nSPS) is 18.8. The summed E-state index contributed by atoms with van der Waals surface area (Å²) in [5.41, 5.74) is 10.6. The van der Waals surface area contributed by atoms with Gasteiger partial charge in [-0.05, 0) is 0 Å². The van der Waals surface area contributed by atoms with Gasteiger partial charge in [0.05, 0.1) is 0 Å². The van der Waals surface area contributed by atoms with Gasteiger partial charge in [-0.25, -0.2) is 0 Å². The highest BCUT2D eigenvalue weighted by molar-refractivity contribution is 7.75. The lowest BCUT2D eigenvalue weighted by atomic mass is 11.9. The summed E-state index contributed by atoms with van der Waals surface area (Å²) in [6, 6.07) is 0. The van der Waals surface area contributed by atoms with Crippen molar-refractivity contribution in [3.05, 3.63) is 0 Å². The van der Waals surface area contributed by atoms with E-state index in [1.54, 1.807) is 0 Å². The Balaban J connectivity index is 3.90. The summed E-state index contributed by atoms with van der Waals surface area (Å²) < 4.78 is 16.1. The third-order valence-electron chi connectivity index (χ3n) is 0.659. The molecule has 0 bridgehead atoms. The molecule has 0 aromatic carbocycles. The average molecular weight is 214 g/mol. The van der Waals surface area contributed by atoms with Crippen molar-refractivity contribution in [3.8, 4) is 0 Å². The van der Waals surface area contributed by atoms with E-state index in [1.165, 1.54) is 6.66 Å². The van der Waals surface area contributed by atoms with Crippen LogP contribution >= 0.6 is 23.0 Å². The van der Waals surface area contributed by atoms with Crippen LogP contribution in [0.25, 0.3) is 0 Å². The highest BCUT2D eigenvalue weighted by Crippen LogP contribution is 2.45. The first-order valence-electron chi connectivity index (χ1n) is 2.78. The highest BCUT2D eigenvalue weighted by atomic mass is 31.2. The SMILES string of the molecule is C=[P+](N)O[P+](=C)CP(C)(N)=O. The van der Waals surface area contributed by atoms with Crippen molar-refractivity contribution in [2.24, 2.45) is 11.0 Å². The Morgan fingerprint density at radius 3 is 2.36 bits per heavy atom. The maximum absolute atomic E-state index is 11.0. The summed E-state index contributed by atoms with van der Waals surface area (Å²) in [5.74, 6) is 0.313. The van der Waals surface area contributed by atoms with Crippen LogP contribution in [0, 0.1) is 0 Å². The standard InChI is InChI=1S/C4H13N2O2P3/c1-9(8-10(2)5)4-11(3,6)7/h1-2,4-5H2,3H3,(H2,6,7)/q+2. The Hall–Kier alpha value is 0.450. The lowest BCUT2D eigenvalue weighted by Crippen LogP contribution is -1.94. The number of nitrogens with two attached hydrogens (primary N) is 2. The molecule has 64 valence electrons. The van der Waals surface area contributed by atoms with Crippen LogP contribution in [0.15, 0.2) is 0 Å². The average Bonchev–Trinajstić information content (AvgIpc) is 1.53. The zero-order valence-electron chi connectivity index (χ0n) is 6.43. The fraction of sp³-hybridized carbons (Fsp3) is 0.500. The van der Waals surface area contributed by atoms with E-state index >= 15 is 0 Å². The van der Waals surface area contributed by atoms with Gasteiger partial charge in [0, 0.05) is 11.0 Å². The van der Waals surface area contributed by atoms with Gasteiger partial charge in [0.1, 0.15) is 12.6 Å². The molecule has 4 N–H and O–H groups in total. The molecule has 0 aliphatic heterocycles. The molecule has 0 spiro atoms. The quantitative estimate of drug-likeness (QED) is 0.692. The van der Waals surface area contributed by atoms with Crippen LogP contribution in [-0.2, 0) is 8.88 Å². The molecule has 0 rings (SSSR count). The molecule has 0 saturated carbocycles. The van der Waals surface area contributed by atoms with Crippen LogP contribution in [0.3, 0.4) is 0 Å². The first-order valence-corrected chi connectivity index (χ1v) is 8.33. The van der Waals surface area contributed by atoms with E-state index in [1.807, 2.05) is 0 Å². The van der Waals surface area contributed by atoms with Crippen LogP contribution in [0.1, 0.15) is 0 Å². The van der Waals surface area contributed by atoms with Gasteiger partial charge in [-0.3, -0.25) is 5.50 Å². The molecule has 4 nitrogen and oxygen atoms in total. The Labute approximate surface area is 68.7 Å². The van der Waals surface area contributed by atoms with Crippen LogP contribution in [0.5, 0.6) is 0 Å². The maximum Gasteiger partial charge on any atom is 0.397 e. The largest absolute Gasteiger partial charge is 0.397 e. The molecule has 3 atom stereocenters. The zero-order chi connectivity index (χ0) is 9.07. The first-order chi connectivity index (χ1) is 4.81. The predicted molar refractivity (Wildman–Crippen MR) is 55.9 cm³/mol. The fourth-order valence-corrected chi connectivity index (χ4v) is 4.85. The second kappa shape index (κ2) is 4.47. The second-order valence-electron chi connectivity index (χ2n) is 2.30. The number of hydrogen-bond acceptors (Lipinski definition) is 3. The fourth-order valence-electron chi connectivity index (χ4n) is 0.487. The summed E-state index contributed by atoms with van der Waals surface area (Å²) >= 11 is 0. The van der Waals surface area contributed by atoms with E-state index in [0.717, 1.165) is 0 Å². The third-order valence-corrected chi connectivity index (χ3v) is 5.93. The summed E-state index contributed by atoms with van der Waals surface area (Å²) in [6.07, 6.45) is 7.12. The van der Waals surface area contributed by atoms with E-state index < -0.39 is 23.0 Å². The van der Waals surface area contributed by atoms with E-state index in [2.05, 4.69) is 12.6 Å². The van der Waals surface area contributed by atoms with Crippen molar-refractivity contribution in [1.29, 1.82) is 0 Å². The zero-order valence-corrected chi connectivity index (χ0v) is 9.12. The second-order valence-corrected chi connectivity index (χ2v) is 8.23. The lowest BCUT2D eigenvalue weighted by molar-refractivity contribution is 0.582. The maximum atomic E-state index is 11.0. The molecule has 0 aromatic rings. The Bertz CT molecular complexity index is 221. The molecule has 0 amide bonds. The molecule has 0 aliphatic carbocycles. The Kier molecular flexibility index (Phi) is 4.65. The first kappa shape index (κ1) is 11.4. The van der Waals surface area contributed by atoms with E-state index in [-0.39, 0.29) is 0 Å². The minimum atomic E-state index is -2.51. The van der Waals surface area contributed by atoms with Crippen molar-refractivity contribution in [2.75, 3.05) is 12.6 Å². The van der Waals surface area contributed by atoms with Crippen molar-refractivity contribution in [2.45, 2.75) is 0 Å². The monoisotopic (exact) mass is 214 g/mol. The van der Waals surface area contributed by atoms with Crippen LogP contribution in [0.2, 0.25) is 0 Å². The van der Waals surface area contributed by atoms with Crippen LogP contribution in [0.4, 0.5) is 0 Å². The van der Waals surface area contributed by atoms with E-state index in [4.69, 9.17) is 15.3 Å². The Morgan fingerprint density at radius 1 is 1.64 bits per heavy atom. The smallest absolute Gasteiger partial charge is 0.303 e. The lowest BCUT2D eigenvalue weighted by Gasteiger charge is -1.95. The summed E-state index contributed by atoms with van der Waals surface area (Å²) in [6.45, 7) is 1.50. The molecule has 0 fully saturated rings. The van der Waals surface area contributed by atoms with Gasteiger partial charge < -0.3 is 4.57 Å². The molecule has 11 heavy (non-hydrogen) atoms. The van der Waals surface area contributed by atoms with Gasteiger partial charge in [-0.2, -0.15) is 0 Å². The minimum absolute atomic E-state index is 0.313. The van der Waals surface area contributed by atoms with Crippen LogP contribution in [-0.4, -0.2) is 25.2 Å².